The van der Waals surface area contributed by atoms with Crippen molar-refractivity contribution >= 4 is 27.5 Å². The van der Waals surface area contributed by atoms with Gasteiger partial charge in [0.15, 0.2) is 0 Å². The van der Waals surface area contributed by atoms with Crippen molar-refractivity contribution < 1.29 is 13.2 Å². The van der Waals surface area contributed by atoms with Gasteiger partial charge in [0, 0.05) is 11.6 Å². The minimum absolute atomic E-state index is 0.153. The lowest BCUT2D eigenvalue weighted by atomic mass is 10.0. The highest BCUT2D eigenvalue weighted by Gasteiger charge is 2.39. The van der Waals surface area contributed by atoms with Gasteiger partial charge in [-0.1, -0.05) is 42.8 Å². The second-order valence-corrected chi connectivity index (χ2v) is 9.38. The van der Waals surface area contributed by atoms with Gasteiger partial charge >= 0.3 is 0 Å². The molecule has 2 unspecified atom stereocenters. The molecule has 1 heterocycles. The summed E-state index contributed by atoms with van der Waals surface area (Å²) >= 11 is 5.86. The normalized spacial score (nSPS) is 18.8. The molecule has 0 aromatic heterocycles. The van der Waals surface area contributed by atoms with E-state index in [1.54, 1.807) is 12.1 Å². The fourth-order valence-electron chi connectivity index (χ4n) is 3.47. The van der Waals surface area contributed by atoms with E-state index in [0.717, 1.165) is 12.0 Å². The van der Waals surface area contributed by atoms with Crippen LogP contribution in [0.4, 0.5) is 0 Å². The van der Waals surface area contributed by atoms with Crippen LogP contribution in [0.1, 0.15) is 43.9 Å². The van der Waals surface area contributed by atoms with Gasteiger partial charge in [-0.05, 0) is 61.6 Å². The van der Waals surface area contributed by atoms with E-state index in [2.05, 4.69) is 12.2 Å². The molecule has 1 amide bonds. The van der Waals surface area contributed by atoms with E-state index in [1.165, 1.54) is 22.0 Å². The summed E-state index contributed by atoms with van der Waals surface area (Å²) in [6.07, 6.45) is 2.13. The van der Waals surface area contributed by atoms with Crippen LogP contribution in [-0.4, -0.2) is 31.2 Å². The third-order valence-electron chi connectivity index (χ3n) is 5.17. The number of amides is 1. The first-order chi connectivity index (χ1) is 13.3. The van der Waals surface area contributed by atoms with E-state index >= 15 is 0 Å². The number of hydrogen-bond acceptors (Lipinski definition) is 3. The molecule has 7 heteroatoms. The van der Waals surface area contributed by atoms with Gasteiger partial charge in [0.2, 0.25) is 15.9 Å². The third kappa shape index (κ3) is 4.40. The quantitative estimate of drug-likeness (QED) is 0.769. The van der Waals surface area contributed by atoms with Gasteiger partial charge in [-0.2, -0.15) is 4.31 Å². The number of nitrogens with one attached hydrogen (secondary N) is 1. The standard InChI is InChI=1S/C21H25ClN2O3S/c1-3-16-6-8-17(9-7-16)15(2)23-21(25)20-5-4-14-24(20)28(26,27)19-12-10-18(22)11-13-19/h6-13,15,20H,3-5,14H2,1-2H3,(H,23,25). The summed E-state index contributed by atoms with van der Waals surface area (Å²) in [5.41, 5.74) is 2.23. The molecule has 3 rings (SSSR count). The number of nitrogens with zero attached hydrogens (tertiary/aromatic N) is 1. The Bertz CT molecular complexity index is 927. The Morgan fingerprint density at radius 1 is 1.18 bits per heavy atom. The van der Waals surface area contributed by atoms with Gasteiger partial charge in [0.25, 0.3) is 0 Å². The Kier molecular flexibility index (Phi) is 6.43. The second-order valence-electron chi connectivity index (χ2n) is 7.05. The highest BCUT2D eigenvalue weighted by molar-refractivity contribution is 7.89. The molecule has 2 atom stereocenters. The molecule has 2 aromatic carbocycles. The zero-order chi connectivity index (χ0) is 20.3. The molecule has 0 radical (unpaired) electrons. The van der Waals surface area contributed by atoms with Gasteiger partial charge < -0.3 is 5.32 Å². The zero-order valence-corrected chi connectivity index (χ0v) is 17.6. The molecule has 2 aromatic rings. The molecule has 150 valence electrons. The van der Waals surface area contributed by atoms with Gasteiger partial charge in [0.1, 0.15) is 6.04 Å². The van der Waals surface area contributed by atoms with Crippen molar-refractivity contribution in [1.29, 1.82) is 0 Å². The van der Waals surface area contributed by atoms with E-state index in [0.29, 0.717) is 24.4 Å². The van der Waals surface area contributed by atoms with Crippen molar-refractivity contribution in [2.24, 2.45) is 0 Å². The topological polar surface area (TPSA) is 66.5 Å². The summed E-state index contributed by atoms with van der Waals surface area (Å²) in [4.78, 5) is 13.0. The summed E-state index contributed by atoms with van der Waals surface area (Å²) in [5.74, 6) is -0.262. The zero-order valence-electron chi connectivity index (χ0n) is 16.1. The molecule has 5 nitrogen and oxygen atoms in total. The summed E-state index contributed by atoms with van der Waals surface area (Å²) in [5, 5.41) is 3.44. The van der Waals surface area contributed by atoms with E-state index in [4.69, 9.17) is 11.6 Å². The Balaban J connectivity index is 1.74. The molecule has 28 heavy (non-hydrogen) atoms. The van der Waals surface area contributed by atoms with E-state index in [9.17, 15) is 13.2 Å². The summed E-state index contributed by atoms with van der Waals surface area (Å²) in [6, 6.07) is 13.2. The van der Waals surface area contributed by atoms with Gasteiger partial charge in [-0.3, -0.25) is 4.79 Å². The van der Waals surface area contributed by atoms with Crippen molar-refractivity contribution in [2.45, 2.75) is 50.1 Å². The maximum absolute atomic E-state index is 13.0. The Morgan fingerprint density at radius 2 is 1.82 bits per heavy atom. The number of aryl methyl sites for hydroxylation is 1. The maximum atomic E-state index is 13.0. The van der Waals surface area contributed by atoms with Crippen LogP contribution < -0.4 is 5.32 Å². The van der Waals surface area contributed by atoms with E-state index < -0.39 is 16.1 Å². The lowest BCUT2D eigenvalue weighted by Gasteiger charge is -2.25. The third-order valence-corrected chi connectivity index (χ3v) is 7.35. The van der Waals surface area contributed by atoms with Crippen LogP contribution in [0.25, 0.3) is 0 Å². The maximum Gasteiger partial charge on any atom is 0.243 e. The van der Waals surface area contributed by atoms with Crippen molar-refractivity contribution in [2.75, 3.05) is 6.54 Å². The number of hydrogen-bond donors (Lipinski definition) is 1. The molecule has 1 fully saturated rings. The molecule has 1 aliphatic rings. The monoisotopic (exact) mass is 420 g/mol. The number of halogens is 1. The fourth-order valence-corrected chi connectivity index (χ4v) is 5.25. The summed E-state index contributed by atoms with van der Waals surface area (Å²) in [6.45, 7) is 4.34. The number of rotatable bonds is 6. The van der Waals surface area contributed by atoms with Crippen LogP contribution in [0.2, 0.25) is 5.02 Å². The Labute approximate surface area is 171 Å². The SMILES string of the molecule is CCc1ccc(C(C)NC(=O)C2CCCN2S(=O)(=O)c2ccc(Cl)cc2)cc1. The van der Waals surface area contributed by atoms with Crippen molar-refractivity contribution in [3.8, 4) is 0 Å². The smallest absolute Gasteiger partial charge is 0.243 e. The molecule has 0 aliphatic carbocycles. The average Bonchev–Trinajstić information content (AvgIpc) is 3.19. The Hall–Kier alpha value is -1.89. The average molecular weight is 421 g/mol. The van der Waals surface area contributed by atoms with Crippen LogP contribution in [0, 0.1) is 0 Å². The summed E-state index contributed by atoms with van der Waals surface area (Å²) < 4.78 is 27.3. The molecule has 1 N–H and O–H groups in total. The first-order valence-corrected chi connectivity index (χ1v) is 11.3. The number of sulfonamides is 1. The van der Waals surface area contributed by atoms with Crippen LogP contribution >= 0.6 is 11.6 Å². The number of carbonyl (C=O) groups is 1. The minimum atomic E-state index is -3.75. The van der Waals surface area contributed by atoms with Crippen molar-refractivity contribution in [3.05, 3.63) is 64.7 Å². The van der Waals surface area contributed by atoms with Crippen molar-refractivity contribution in [1.82, 2.24) is 9.62 Å². The number of benzene rings is 2. The predicted octanol–water partition coefficient (Wildman–Crippen LogP) is 3.93. The largest absolute Gasteiger partial charge is 0.348 e. The second kappa shape index (κ2) is 8.64. The van der Waals surface area contributed by atoms with Crippen LogP contribution in [-0.2, 0) is 21.2 Å². The van der Waals surface area contributed by atoms with Crippen LogP contribution in [0.15, 0.2) is 53.4 Å². The Morgan fingerprint density at radius 3 is 2.43 bits per heavy atom. The van der Waals surface area contributed by atoms with Crippen LogP contribution in [0.5, 0.6) is 0 Å². The van der Waals surface area contributed by atoms with Gasteiger partial charge in [-0.15, -0.1) is 0 Å². The minimum Gasteiger partial charge on any atom is -0.348 e. The molecular weight excluding hydrogens is 396 g/mol. The van der Waals surface area contributed by atoms with Gasteiger partial charge in [0.05, 0.1) is 10.9 Å². The lowest BCUT2D eigenvalue weighted by Crippen LogP contribution is -2.46. The molecule has 0 spiro atoms. The molecule has 1 aliphatic heterocycles. The lowest BCUT2D eigenvalue weighted by molar-refractivity contribution is -0.124. The van der Waals surface area contributed by atoms with E-state index in [-0.39, 0.29) is 16.8 Å². The van der Waals surface area contributed by atoms with Crippen LogP contribution in [0.3, 0.4) is 0 Å². The first-order valence-electron chi connectivity index (χ1n) is 9.49. The molecule has 0 bridgehead atoms. The van der Waals surface area contributed by atoms with E-state index in [1.807, 2.05) is 31.2 Å². The van der Waals surface area contributed by atoms with Gasteiger partial charge in [-0.25, -0.2) is 8.42 Å². The predicted molar refractivity (Wildman–Crippen MR) is 111 cm³/mol. The van der Waals surface area contributed by atoms with Crippen molar-refractivity contribution in [3.63, 3.8) is 0 Å². The fraction of sp³-hybridized carbons (Fsp3) is 0.381. The molecule has 1 saturated heterocycles. The highest BCUT2D eigenvalue weighted by atomic mass is 35.5. The first kappa shape index (κ1) is 20.8. The highest BCUT2D eigenvalue weighted by Crippen LogP contribution is 2.27. The number of carbonyl (C=O) groups excluding carboxylic acids is 1. The molecular formula is C21H25ClN2O3S. The molecule has 0 saturated carbocycles. The summed E-state index contributed by atoms with van der Waals surface area (Å²) in [7, 11) is -3.75.